The van der Waals surface area contributed by atoms with Crippen LogP contribution in [-0.2, 0) is 11.2 Å². The molecule has 17 heavy (non-hydrogen) atoms. The number of carbonyl (C=O) groups excluding carboxylic acids is 1. The maximum atomic E-state index is 11.1. The lowest BCUT2D eigenvalue weighted by molar-refractivity contribution is 0.101. The number of nitrogens with zero attached hydrogens (tertiary/aromatic N) is 1. The van der Waals surface area contributed by atoms with E-state index in [0.29, 0.717) is 12.6 Å². The van der Waals surface area contributed by atoms with Crippen LogP contribution in [0.25, 0.3) is 0 Å². The molecule has 1 aromatic carbocycles. The van der Waals surface area contributed by atoms with Crippen molar-refractivity contribution < 1.29 is 9.53 Å². The molecule has 1 heterocycles. The molecule has 0 radical (unpaired) electrons. The molecule has 1 unspecified atom stereocenters. The zero-order valence-corrected chi connectivity index (χ0v) is 10.3. The number of hydrogen-bond donors (Lipinski definition) is 0. The summed E-state index contributed by atoms with van der Waals surface area (Å²) in [4.78, 5) is 15.5. The summed E-state index contributed by atoms with van der Waals surface area (Å²) in [5, 5.41) is 0. The van der Waals surface area contributed by atoms with E-state index in [0.717, 1.165) is 24.3 Å². The number of ketones is 1. The molecule has 3 nitrogen and oxygen atoms in total. The van der Waals surface area contributed by atoms with E-state index in [-0.39, 0.29) is 5.78 Å². The molecule has 0 saturated heterocycles. The lowest BCUT2D eigenvalue weighted by atomic mass is 10.0. The van der Waals surface area contributed by atoms with Crippen molar-refractivity contribution in [2.24, 2.45) is 4.99 Å². The SMILES string of the molecule is CC(=O)c1ccc(CCC2COC(C)=N2)cc1. The fraction of sp³-hybridized carbons (Fsp3) is 0.429. The molecule has 0 spiro atoms. The van der Waals surface area contributed by atoms with E-state index in [1.54, 1.807) is 6.92 Å². The Hall–Kier alpha value is -1.64. The van der Waals surface area contributed by atoms with Crippen molar-refractivity contribution in [3.05, 3.63) is 35.4 Å². The average Bonchev–Trinajstić information content (AvgIpc) is 2.73. The van der Waals surface area contributed by atoms with Crippen molar-refractivity contribution in [3.63, 3.8) is 0 Å². The minimum Gasteiger partial charge on any atom is -0.479 e. The Balaban J connectivity index is 1.89. The Kier molecular flexibility index (Phi) is 3.57. The third-order valence-electron chi connectivity index (χ3n) is 2.98. The van der Waals surface area contributed by atoms with Crippen LogP contribution >= 0.6 is 0 Å². The summed E-state index contributed by atoms with van der Waals surface area (Å²) in [5.41, 5.74) is 2.02. The molecule has 0 aliphatic carbocycles. The summed E-state index contributed by atoms with van der Waals surface area (Å²) < 4.78 is 5.31. The molecule has 0 fully saturated rings. The minimum atomic E-state index is 0.112. The van der Waals surface area contributed by atoms with Crippen molar-refractivity contribution >= 4 is 11.7 Å². The van der Waals surface area contributed by atoms with Crippen molar-refractivity contribution in [2.75, 3.05) is 6.61 Å². The summed E-state index contributed by atoms with van der Waals surface area (Å²) in [6, 6.07) is 8.10. The second kappa shape index (κ2) is 5.13. The van der Waals surface area contributed by atoms with Crippen LogP contribution in [0.15, 0.2) is 29.3 Å². The normalized spacial score (nSPS) is 18.7. The number of rotatable bonds is 4. The Labute approximate surface area is 102 Å². The van der Waals surface area contributed by atoms with Gasteiger partial charge in [0, 0.05) is 12.5 Å². The third-order valence-corrected chi connectivity index (χ3v) is 2.98. The molecule has 90 valence electrons. The van der Waals surface area contributed by atoms with Crippen LogP contribution in [0.1, 0.15) is 36.2 Å². The molecule has 1 aliphatic heterocycles. The zero-order chi connectivity index (χ0) is 12.3. The first-order valence-corrected chi connectivity index (χ1v) is 5.92. The summed E-state index contributed by atoms with van der Waals surface area (Å²) in [6.07, 6.45) is 1.97. The average molecular weight is 231 g/mol. The van der Waals surface area contributed by atoms with Gasteiger partial charge in [-0.2, -0.15) is 0 Å². The van der Waals surface area contributed by atoms with Crippen LogP contribution in [0.4, 0.5) is 0 Å². The van der Waals surface area contributed by atoms with E-state index < -0.39 is 0 Å². The van der Waals surface area contributed by atoms with Gasteiger partial charge in [0.05, 0.1) is 6.04 Å². The second-order valence-corrected chi connectivity index (χ2v) is 4.40. The van der Waals surface area contributed by atoms with Gasteiger partial charge in [-0.15, -0.1) is 0 Å². The molecule has 2 rings (SSSR count). The van der Waals surface area contributed by atoms with E-state index in [1.807, 2.05) is 31.2 Å². The first-order valence-electron chi connectivity index (χ1n) is 5.92. The van der Waals surface area contributed by atoms with Crippen LogP contribution in [-0.4, -0.2) is 24.3 Å². The lowest BCUT2D eigenvalue weighted by Crippen LogP contribution is -2.07. The predicted octanol–water partition coefficient (Wildman–Crippen LogP) is 2.64. The van der Waals surface area contributed by atoms with E-state index in [1.165, 1.54) is 5.56 Å². The Morgan fingerprint density at radius 2 is 2.12 bits per heavy atom. The number of Topliss-reactive ketones (excluding diaryl/α,β-unsaturated/α-hetero) is 1. The topological polar surface area (TPSA) is 38.7 Å². The van der Waals surface area contributed by atoms with Gasteiger partial charge in [0.15, 0.2) is 11.7 Å². The molecule has 1 atom stereocenters. The first-order chi connectivity index (χ1) is 8.15. The highest BCUT2D eigenvalue weighted by atomic mass is 16.5. The van der Waals surface area contributed by atoms with Gasteiger partial charge in [0.25, 0.3) is 0 Å². The number of aliphatic imine (C=N–C) groups is 1. The quantitative estimate of drug-likeness (QED) is 0.747. The van der Waals surface area contributed by atoms with Gasteiger partial charge in [-0.3, -0.25) is 4.79 Å². The van der Waals surface area contributed by atoms with Crippen LogP contribution in [0.2, 0.25) is 0 Å². The monoisotopic (exact) mass is 231 g/mol. The Morgan fingerprint density at radius 3 is 2.65 bits per heavy atom. The fourth-order valence-corrected chi connectivity index (χ4v) is 1.94. The van der Waals surface area contributed by atoms with E-state index in [9.17, 15) is 4.79 Å². The zero-order valence-electron chi connectivity index (χ0n) is 10.3. The third kappa shape index (κ3) is 3.16. The van der Waals surface area contributed by atoms with E-state index in [2.05, 4.69) is 4.99 Å². The Morgan fingerprint density at radius 1 is 1.41 bits per heavy atom. The Bertz CT molecular complexity index is 434. The predicted molar refractivity (Wildman–Crippen MR) is 67.6 cm³/mol. The van der Waals surface area contributed by atoms with Gasteiger partial charge < -0.3 is 4.74 Å². The maximum absolute atomic E-state index is 11.1. The maximum Gasteiger partial charge on any atom is 0.180 e. The molecular formula is C14H17NO2. The van der Waals surface area contributed by atoms with E-state index in [4.69, 9.17) is 4.74 Å². The highest BCUT2D eigenvalue weighted by molar-refractivity contribution is 5.93. The van der Waals surface area contributed by atoms with Gasteiger partial charge in [-0.1, -0.05) is 24.3 Å². The molecule has 1 aliphatic rings. The molecular weight excluding hydrogens is 214 g/mol. The van der Waals surface area contributed by atoms with E-state index >= 15 is 0 Å². The van der Waals surface area contributed by atoms with Crippen LogP contribution in [0.3, 0.4) is 0 Å². The van der Waals surface area contributed by atoms with Gasteiger partial charge in [0.1, 0.15) is 6.61 Å². The summed E-state index contributed by atoms with van der Waals surface area (Å²) in [5.74, 6) is 0.905. The van der Waals surface area contributed by atoms with Gasteiger partial charge in [-0.05, 0) is 25.3 Å². The van der Waals surface area contributed by atoms with Crippen molar-refractivity contribution in [2.45, 2.75) is 32.7 Å². The number of carbonyl (C=O) groups is 1. The number of aryl methyl sites for hydroxylation is 1. The fourth-order valence-electron chi connectivity index (χ4n) is 1.94. The number of ether oxygens (including phenoxy) is 1. The molecule has 0 N–H and O–H groups in total. The highest BCUT2D eigenvalue weighted by Gasteiger charge is 2.15. The molecule has 0 amide bonds. The molecule has 1 aromatic rings. The van der Waals surface area contributed by atoms with Crippen LogP contribution < -0.4 is 0 Å². The van der Waals surface area contributed by atoms with Crippen molar-refractivity contribution in [1.29, 1.82) is 0 Å². The second-order valence-electron chi connectivity index (χ2n) is 4.40. The number of hydrogen-bond acceptors (Lipinski definition) is 3. The molecule has 3 heteroatoms. The number of benzene rings is 1. The summed E-state index contributed by atoms with van der Waals surface area (Å²) in [7, 11) is 0. The minimum absolute atomic E-state index is 0.112. The van der Waals surface area contributed by atoms with Gasteiger partial charge in [-0.25, -0.2) is 4.99 Å². The first kappa shape index (κ1) is 11.8. The van der Waals surface area contributed by atoms with Crippen LogP contribution in [0.5, 0.6) is 0 Å². The smallest absolute Gasteiger partial charge is 0.180 e. The summed E-state index contributed by atoms with van der Waals surface area (Å²) >= 11 is 0. The largest absolute Gasteiger partial charge is 0.479 e. The lowest BCUT2D eigenvalue weighted by Gasteiger charge is -2.05. The van der Waals surface area contributed by atoms with Gasteiger partial charge >= 0.3 is 0 Å². The highest BCUT2D eigenvalue weighted by Crippen LogP contribution is 2.13. The van der Waals surface area contributed by atoms with Crippen molar-refractivity contribution in [3.8, 4) is 0 Å². The molecule has 0 saturated carbocycles. The standard InChI is InChI=1S/C14H17NO2/c1-10(16)13-6-3-12(4-7-13)5-8-14-9-17-11(2)15-14/h3-4,6-7,14H,5,8-9H2,1-2H3. The van der Waals surface area contributed by atoms with Crippen LogP contribution in [0, 0.1) is 0 Å². The van der Waals surface area contributed by atoms with Crippen molar-refractivity contribution in [1.82, 2.24) is 0 Å². The summed E-state index contributed by atoms with van der Waals surface area (Å²) in [6.45, 7) is 4.18. The molecule has 0 bridgehead atoms. The molecule has 0 aromatic heterocycles. The van der Waals surface area contributed by atoms with Gasteiger partial charge in [0.2, 0.25) is 0 Å².